The van der Waals surface area contributed by atoms with Crippen LogP contribution in [0, 0.1) is 5.41 Å². The first-order valence-electron chi connectivity index (χ1n) is 9.87. The second-order valence-corrected chi connectivity index (χ2v) is 8.45. The number of fused-ring (bicyclic) bond motifs is 5. The number of rotatable bonds is 3. The van der Waals surface area contributed by atoms with Crippen LogP contribution >= 0.6 is 0 Å². The summed E-state index contributed by atoms with van der Waals surface area (Å²) in [6.07, 6.45) is 6.14. The first kappa shape index (κ1) is 17.3. The molecular formula is C22H30N4. The van der Waals surface area contributed by atoms with Gasteiger partial charge in [0.15, 0.2) is 5.82 Å². The van der Waals surface area contributed by atoms with Crippen LogP contribution in [0.15, 0.2) is 36.8 Å². The molecule has 0 aliphatic carbocycles. The van der Waals surface area contributed by atoms with Gasteiger partial charge in [-0.3, -0.25) is 0 Å². The van der Waals surface area contributed by atoms with E-state index in [4.69, 9.17) is 4.98 Å². The van der Waals surface area contributed by atoms with Gasteiger partial charge >= 0.3 is 0 Å². The third-order valence-electron chi connectivity index (χ3n) is 7.27. The molecule has 2 aliphatic rings. The maximum absolute atomic E-state index is 4.72. The van der Waals surface area contributed by atoms with E-state index in [0.717, 1.165) is 24.3 Å². The van der Waals surface area contributed by atoms with Crippen LogP contribution in [-0.4, -0.2) is 22.2 Å². The van der Waals surface area contributed by atoms with Gasteiger partial charge in [-0.25, -0.2) is 9.97 Å². The van der Waals surface area contributed by atoms with Crippen molar-refractivity contribution in [1.82, 2.24) is 9.97 Å². The number of benzene rings is 1. The van der Waals surface area contributed by atoms with Crippen LogP contribution in [0.3, 0.4) is 0 Å². The Balaban J connectivity index is 2.08. The van der Waals surface area contributed by atoms with Crippen LogP contribution in [0.4, 0.5) is 17.2 Å². The highest BCUT2D eigenvalue weighted by Gasteiger charge is 2.60. The lowest BCUT2D eigenvalue weighted by atomic mass is 9.55. The zero-order valence-corrected chi connectivity index (χ0v) is 16.8. The predicted molar refractivity (Wildman–Crippen MR) is 108 cm³/mol. The Hall–Kier alpha value is -2.10. The van der Waals surface area contributed by atoms with Gasteiger partial charge < -0.3 is 9.80 Å². The summed E-state index contributed by atoms with van der Waals surface area (Å²) in [4.78, 5) is 14.1. The lowest BCUT2D eigenvalue weighted by Gasteiger charge is -2.59. The lowest BCUT2D eigenvalue weighted by Crippen LogP contribution is -2.64. The minimum absolute atomic E-state index is 0.0844. The fourth-order valence-corrected chi connectivity index (χ4v) is 5.36. The summed E-state index contributed by atoms with van der Waals surface area (Å²) in [5.41, 5.74) is 4.08. The molecule has 0 radical (unpaired) electrons. The molecule has 0 saturated carbocycles. The van der Waals surface area contributed by atoms with Crippen molar-refractivity contribution in [2.75, 3.05) is 9.80 Å². The average Bonchev–Trinajstić information content (AvgIpc) is 3.02. The van der Waals surface area contributed by atoms with Crippen LogP contribution in [-0.2, 0) is 5.41 Å². The number of hydrogen-bond acceptors (Lipinski definition) is 4. The van der Waals surface area contributed by atoms with Crippen molar-refractivity contribution in [2.45, 2.75) is 72.0 Å². The maximum Gasteiger partial charge on any atom is 0.161 e. The van der Waals surface area contributed by atoms with E-state index in [1.165, 1.54) is 11.3 Å². The van der Waals surface area contributed by atoms with Gasteiger partial charge in [0, 0.05) is 22.6 Å². The van der Waals surface area contributed by atoms with Gasteiger partial charge in [0.1, 0.15) is 18.2 Å². The van der Waals surface area contributed by atoms with Crippen LogP contribution in [0.2, 0.25) is 0 Å². The zero-order valence-electron chi connectivity index (χ0n) is 16.8. The Morgan fingerprint density at radius 3 is 2.46 bits per heavy atom. The Kier molecular flexibility index (Phi) is 3.80. The zero-order chi connectivity index (χ0) is 18.7. The number of para-hydroxylation sites is 1. The standard InChI is InChI=1S/C22H30N4/c1-7-21(5)16-11-9-10-12-17(16)26-19-18(13-23-14-24-19)25(15(3)4)20(26)22(21,6)8-2/h9-15,20H,7-8H2,1-6H3. The number of nitrogens with zero attached hydrogens (tertiary/aromatic N) is 4. The molecule has 4 nitrogen and oxygen atoms in total. The largest absolute Gasteiger partial charge is 0.344 e. The Labute approximate surface area is 157 Å². The molecule has 3 unspecified atom stereocenters. The molecule has 0 N–H and O–H groups in total. The van der Waals surface area contributed by atoms with Crippen LogP contribution < -0.4 is 9.80 Å². The molecule has 0 spiro atoms. The third kappa shape index (κ3) is 1.90. The van der Waals surface area contributed by atoms with Crippen LogP contribution in [0.5, 0.6) is 0 Å². The van der Waals surface area contributed by atoms with E-state index < -0.39 is 0 Å². The second kappa shape index (κ2) is 5.70. The molecule has 2 aromatic rings. The van der Waals surface area contributed by atoms with Crippen LogP contribution in [0.1, 0.15) is 59.9 Å². The molecule has 0 amide bonds. The molecule has 0 saturated heterocycles. The molecule has 1 aromatic carbocycles. The van der Waals surface area contributed by atoms with E-state index >= 15 is 0 Å². The van der Waals surface area contributed by atoms with Gasteiger partial charge in [-0.15, -0.1) is 0 Å². The summed E-state index contributed by atoms with van der Waals surface area (Å²) < 4.78 is 0. The predicted octanol–water partition coefficient (Wildman–Crippen LogP) is 5.27. The molecule has 26 heavy (non-hydrogen) atoms. The number of hydrogen-bond donors (Lipinski definition) is 0. The summed E-state index contributed by atoms with van der Waals surface area (Å²) in [7, 11) is 0. The SMILES string of the molecule is CCC1(C)c2ccccc2N2c3ncncc3N(C(C)C)C2C1(C)CC. The summed E-state index contributed by atoms with van der Waals surface area (Å²) in [6.45, 7) is 14.2. The number of anilines is 3. The van der Waals surface area contributed by atoms with Crippen molar-refractivity contribution in [3.8, 4) is 0 Å². The Morgan fingerprint density at radius 2 is 1.81 bits per heavy atom. The van der Waals surface area contributed by atoms with Gasteiger partial charge in [0.05, 0.1) is 6.20 Å². The van der Waals surface area contributed by atoms with Crippen molar-refractivity contribution in [1.29, 1.82) is 0 Å². The highest BCUT2D eigenvalue weighted by atomic mass is 15.5. The van der Waals surface area contributed by atoms with E-state index in [-0.39, 0.29) is 17.0 Å². The van der Waals surface area contributed by atoms with Crippen molar-refractivity contribution >= 4 is 17.2 Å². The first-order chi connectivity index (χ1) is 12.4. The quantitative estimate of drug-likeness (QED) is 0.755. The topological polar surface area (TPSA) is 32.3 Å². The van der Waals surface area contributed by atoms with Gasteiger partial charge in [0.2, 0.25) is 0 Å². The first-order valence-corrected chi connectivity index (χ1v) is 9.87. The molecule has 3 atom stereocenters. The smallest absolute Gasteiger partial charge is 0.161 e. The maximum atomic E-state index is 4.72. The summed E-state index contributed by atoms with van der Waals surface area (Å²) in [5, 5.41) is 0. The normalized spacial score (nSPS) is 29.6. The van der Waals surface area contributed by atoms with Gasteiger partial charge in [-0.1, -0.05) is 45.9 Å². The van der Waals surface area contributed by atoms with Crippen molar-refractivity contribution in [2.24, 2.45) is 5.41 Å². The van der Waals surface area contributed by atoms with E-state index in [9.17, 15) is 0 Å². The van der Waals surface area contributed by atoms with E-state index in [2.05, 4.69) is 80.6 Å². The molecule has 0 bridgehead atoms. The molecule has 4 heteroatoms. The summed E-state index contributed by atoms with van der Waals surface area (Å²) in [6, 6.07) is 9.30. The molecule has 1 aromatic heterocycles. The Morgan fingerprint density at radius 1 is 1.08 bits per heavy atom. The highest BCUT2D eigenvalue weighted by Crippen LogP contribution is 2.62. The number of aromatic nitrogens is 2. The fraction of sp³-hybridized carbons (Fsp3) is 0.545. The molecule has 138 valence electrons. The summed E-state index contributed by atoms with van der Waals surface area (Å²) >= 11 is 0. The molecule has 2 aliphatic heterocycles. The highest BCUT2D eigenvalue weighted by molar-refractivity contribution is 5.84. The van der Waals surface area contributed by atoms with Crippen molar-refractivity contribution in [3.05, 3.63) is 42.4 Å². The lowest BCUT2D eigenvalue weighted by molar-refractivity contribution is 0.0894. The van der Waals surface area contributed by atoms with E-state index in [1.54, 1.807) is 6.33 Å². The molecule has 3 heterocycles. The van der Waals surface area contributed by atoms with E-state index in [0.29, 0.717) is 6.04 Å². The molecule has 0 fully saturated rings. The minimum Gasteiger partial charge on any atom is -0.344 e. The summed E-state index contributed by atoms with van der Waals surface area (Å²) in [5.74, 6) is 1.05. The van der Waals surface area contributed by atoms with E-state index in [1.807, 2.05) is 6.20 Å². The fourth-order valence-electron chi connectivity index (χ4n) is 5.36. The van der Waals surface area contributed by atoms with Crippen molar-refractivity contribution < 1.29 is 0 Å². The van der Waals surface area contributed by atoms with Gasteiger partial charge in [-0.2, -0.15) is 0 Å². The second-order valence-electron chi connectivity index (χ2n) is 8.45. The molecular weight excluding hydrogens is 320 g/mol. The Bertz CT molecular complexity index is 832. The van der Waals surface area contributed by atoms with Gasteiger partial charge in [0.25, 0.3) is 0 Å². The minimum atomic E-state index is 0.0844. The average molecular weight is 351 g/mol. The van der Waals surface area contributed by atoms with Crippen LogP contribution in [0.25, 0.3) is 0 Å². The van der Waals surface area contributed by atoms with Crippen molar-refractivity contribution in [3.63, 3.8) is 0 Å². The molecule has 4 rings (SSSR count). The monoisotopic (exact) mass is 350 g/mol. The van der Waals surface area contributed by atoms with Gasteiger partial charge in [-0.05, 0) is 38.3 Å². The third-order valence-corrected chi connectivity index (χ3v) is 7.27.